The van der Waals surface area contributed by atoms with E-state index in [0.717, 1.165) is 5.56 Å². The molecule has 1 saturated heterocycles. The second kappa shape index (κ2) is 11.5. The van der Waals surface area contributed by atoms with E-state index in [4.69, 9.17) is 18.9 Å². The van der Waals surface area contributed by atoms with Gasteiger partial charge in [0.2, 0.25) is 5.75 Å². The number of amides is 1. The Hall–Kier alpha value is -4.79. The molecule has 1 aromatic heterocycles. The predicted molar refractivity (Wildman–Crippen MR) is 140 cm³/mol. The van der Waals surface area contributed by atoms with Crippen molar-refractivity contribution >= 4 is 17.4 Å². The number of carbonyl (C=O) groups excluding carboxylic acids is 2. The number of Topliss-reactive ketones (excluding diaryl/α,β-unsaturated/α-hetero) is 1. The van der Waals surface area contributed by atoms with Gasteiger partial charge in [-0.15, -0.1) is 0 Å². The van der Waals surface area contributed by atoms with E-state index in [1.165, 1.54) is 26.2 Å². The molecule has 4 rings (SSSR count). The standard InChI is InChI=1S/C29H28N2O7/c1-5-13-38-21-10-8-19(9-11-21)26(32)24-25(20-14-22(35-2)28(37-4)23(15-20)36-3)31(29(34)27(24)33)17-18-7-6-12-30-16-18/h5-12,14-16,25,32H,1,13,17H2,2-4H3/b26-24-. The third kappa shape index (κ3) is 5.04. The Morgan fingerprint density at radius 1 is 1.05 bits per heavy atom. The van der Waals surface area contributed by atoms with Crippen LogP contribution in [0, 0.1) is 0 Å². The first-order valence-electron chi connectivity index (χ1n) is 11.7. The van der Waals surface area contributed by atoms with E-state index in [1.807, 2.05) is 0 Å². The SMILES string of the molecule is C=CCOc1ccc(/C(O)=C2/C(=O)C(=O)N(Cc3cccnc3)C2c2cc(OC)c(OC)c(OC)c2)cc1. The molecule has 38 heavy (non-hydrogen) atoms. The number of methoxy groups -OCH3 is 3. The monoisotopic (exact) mass is 516 g/mol. The lowest BCUT2D eigenvalue weighted by Gasteiger charge is -2.26. The van der Waals surface area contributed by atoms with Gasteiger partial charge in [-0.25, -0.2) is 0 Å². The van der Waals surface area contributed by atoms with Crippen molar-refractivity contribution in [3.05, 3.63) is 95.8 Å². The minimum absolute atomic E-state index is 0.0621. The molecule has 0 aliphatic carbocycles. The lowest BCUT2D eigenvalue weighted by atomic mass is 9.94. The van der Waals surface area contributed by atoms with Gasteiger partial charge in [-0.05, 0) is 53.6 Å². The summed E-state index contributed by atoms with van der Waals surface area (Å²) in [5.74, 6) is -0.254. The Morgan fingerprint density at radius 3 is 2.29 bits per heavy atom. The fourth-order valence-corrected chi connectivity index (χ4v) is 4.36. The number of nitrogens with zero attached hydrogens (tertiary/aromatic N) is 2. The largest absolute Gasteiger partial charge is 0.507 e. The van der Waals surface area contributed by atoms with E-state index in [2.05, 4.69) is 11.6 Å². The van der Waals surface area contributed by atoms with Crippen LogP contribution in [0.3, 0.4) is 0 Å². The van der Waals surface area contributed by atoms with E-state index in [-0.39, 0.29) is 17.9 Å². The summed E-state index contributed by atoms with van der Waals surface area (Å²) < 4.78 is 22.0. The molecule has 1 unspecified atom stereocenters. The second-order valence-corrected chi connectivity index (χ2v) is 8.37. The van der Waals surface area contributed by atoms with Crippen LogP contribution in [0.5, 0.6) is 23.0 Å². The van der Waals surface area contributed by atoms with Crippen LogP contribution in [0.1, 0.15) is 22.7 Å². The molecule has 0 spiro atoms. The van der Waals surface area contributed by atoms with Crippen molar-refractivity contribution in [1.82, 2.24) is 9.88 Å². The number of pyridine rings is 1. The van der Waals surface area contributed by atoms with E-state index in [0.29, 0.717) is 40.7 Å². The van der Waals surface area contributed by atoms with Crippen molar-refractivity contribution in [3.63, 3.8) is 0 Å². The van der Waals surface area contributed by atoms with E-state index in [9.17, 15) is 14.7 Å². The van der Waals surface area contributed by atoms with Crippen molar-refractivity contribution in [2.24, 2.45) is 0 Å². The van der Waals surface area contributed by atoms with Gasteiger partial charge in [0.1, 0.15) is 18.1 Å². The van der Waals surface area contributed by atoms with Crippen molar-refractivity contribution in [3.8, 4) is 23.0 Å². The third-order valence-corrected chi connectivity index (χ3v) is 6.11. The number of ketones is 1. The zero-order chi connectivity index (χ0) is 27.2. The molecule has 2 heterocycles. The number of aliphatic hydroxyl groups is 1. The summed E-state index contributed by atoms with van der Waals surface area (Å²) in [5.41, 5.74) is 1.51. The minimum Gasteiger partial charge on any atom is -0.507 e. The summed E-state index contributed by atoms with van der Waals surface area (Å²) in [4.78, 5) is 32.2. The third-order valence-electron chi connectivity index (χ3n) is 6.11. The fraction of sp³-hybridized carbons (Fsp3) is 0.207. The molecule has 1 N–H and O–H groups in total. The van der Waals surface area contributed by atoms with Crippen LogP contribution in [-0.2, 0) is 16.1 Å². The van der Waals surface area contributed by atoms with Crippen molar-refractivity contribution < 1.29 is 33.6 Å². The maximum atomic E-state index is 13.4. The van der Waals surface area contributed by atoms with Crippen LogP contribution < -0.4 is 18.9 Å². The number of rotatable bonds is 10. The Balaban J connectivity index is 1.88. The topological polar surface area (TPSA) is 107 Å². The lowest BCUT2D eigenvalue weighted by molar-refractivity contribution is -0.140. The number of hydrogen-bond donors (Lipinski definition) is 1. The molecule has 1 atom stereocenters. The van der Waals surface area contributed by atoms with Gasteiger partial charge in [-0.1, -0.05) is 18.7 Å². The number of carbonyl (C=O) groups is 2. The smallest absolute Gasteiger partial charge is 0.295 e. The maximum absolute atomic E-state index is 13.4. The van der Waals surface area contributed by atoms with Gasteiger partial charge < -0.3 is 29.0 Å². The van der Waals surface area contributed by atoms with Crippen molar-refractivity contribution in [2.75, 3.05) is 27.9 Å². The molecule has 1 aliphatic rings. The molecule has 9 heteroatoms. The summed E-state index contributed by atoms with van der Waals surface area (Å²) in [6.07, 6.45) is 4.86. The Labute approximate surface area is 220 Å². The summed E-state index contributed by atoms with van der Waals surface area (Å²) in [6, 6.07) is 12.5. The lowest BCUT2D eigenvalue weighted by Crippen LogP contribution is -2.29. The summed E-state index contributed by atoms with van der Waals surface area (Å²) in [5, 5.41) is 11.4. The van der Waals surface area contributed by atoms with Crippen LogP contribution in [0.4, 0.5) is 0 Å². The molecule has 1 aliphatic heterocycles. The molecule has 1 amide bonds. The van der Waals surface area contributed by atoms with Crippen LogP contribution in [-0.4, -0.2) is 54.6 Å². The molecule has 9 nitrogen and oxygen atoms in total. The predicted octanol–water partition coefficient (Wildman–Crippen LogP) is 4.29. The number of aliphatic hydroxyl groups excluding tert-OH is 1. The first-order chi connectivity index (χ1) is 18.4. The van der Waals surface area contributed by atoms with Crippen LogP contribution in [0.2, 0.25) is 0 Å². The summed E-state index contributed by atoms with van der Waals surface area (Å²) >= 11 is 0. The number of benzene rings is 2. The summed E-state index contributed by atoms with van der Waals surface area (Å²) in [7, 11) is 4.43. The summed E-state index contributed by atoms with van der Waals surface area (Å²) in [6.45, 7) is 4.04. The van der Waals surface area contributed by atoms with E-state index >= 15 is 0 Å². The average molecular weight is 517 g/mol. The number of likely N-dealkylation sites (tertiary alicyclic amines) is 1. The number of ether oxygens (including phenoxy) is 4. The van der Waals surface area contributed by atoms with Gasteiger partial charge in [-0.3, -0.25) is 14.6 Å². The normalized spacial score (nSPS) is 16.3. The molecule has 3 aromatic rings. The quantitative estimate of drug-likeness (QED) is 0.184. The van der Waals surface area contributed by atoms with Gasteiger partial charge in [0.05, 0.1) is 32.9 Å². The average Bonchev–Trinajstić information content (AvgIpc) is 3.20. The molecular formula is C29H28N2O7. The first-order valence-corrected chi connectivity index (χ1v) is 11.7. The molecule has 196 valence electrons. The second-order valence-electron chi connectivity index (χ2n) is 8.37. The highest BCUT2D eigenvalue weighted by atomic mass is 16.5. The zero-order valence-electron chi connectivity index (χ0n) is 21.3. The Morgan fingerprint density at radius 2 is 1.74 bits per heavy atom. The van der Waals surface area contributed by atoms with E-state index in [1.54, 1.807) is 67.0 Å². The van der Waals surface area contributed by atoms with Crippen LogP contribution >= 0.6 is 0 Å². The molecule has 0 radical (unpaired) electrons. The van der Waals surface area contributed by atoms with E-state index < -0.39 is 17.7 Å². The fourth-order valence-electron chi connectivity index (χ4n) is 4.36. The molecule has 0 bridgehead atoms. The van der Waals surface area contributed by atoms with Crippen molar-refractivity contribution in [2.45, 2.75) is 12.6 Å². The molecule has 0 saturated carbocycles. The molecule has 1 fully saturated rings. The van der Waals surface area contributed by atoms with Crippen molar-refractivity contribution in [1.29, 1.82) is 0 Å². The van der Waals surface area contributed by atoms with Gasteiger partial charge in [0.25, 0.3) is 11.7 Å². The molecule has 2 aromatic carbocycles. The Kier molecular flexibility index (Phi) is 7.96. The Bertz CT molecular complexity index is 1340. The van der Waals surface area contributed by atoms with Gasteiger partial charge >= 0.3 is 0 Å². The highest BCUT2D eigenvalue weighted by Gasteiger charge is 2.46. The van der Waals surface area contributed by atoms with Gasteiger partial charge in [0, 0.05) is 24.5 Å². The maximum Gasteiger partial charge on any atom is 0.295 e. The first kappa shape index (κ1) is 26.3. The van der Waals surface area contributed by atoms with Crippen LogP contribution in [0.25, 0.3) is 5.76 Å². The number of hydrogen-bond acceptors (Lipinski definition) is 8. The zero-order valence-corrected chi connectivity index (χ0v) is 21.3. The highest BCUT2D eigenvalue weighted by molar-refractivity contribution is 6.46. The van der Waals surface area contributed by atoms with Gasteiger partial charge in [0.15, 0.2) is 11.5 Å². The van der Waals surface area contributed by atoms with Gasteiger partial charge in [-0.2, -0.15) is 0 Å². The number of aromatic nitrogens is 1. The highest BCUT2D eigenvalue weighted by Crippen LogP contribution is 2.46. The minimum atomic E-state index is -0.944. The van der Waals surface area contributed by atoms with Crippen LogP contribution in [0.15, 0.2) is 79.2 Å². The molecular weight excluding hydrogens is 488 g/mol.